The van der Waals surface area contributed by atoms with Crippen molar-refractivity contribution < 1.29 is 4.52 Å². The number of nitrogens with zero attached hydrogens (tertiary/aromatic N) is 2. The van der Waals surface area contributed by atoms with Gasteiger partial charge in [-0.15, -0.1) is 11.3 Å². The van der Waals surface area contributed by atoms with Crippen LogP contribution >= 0.6 is 27.3 Å². The molecule has 1 aliphatic carbocycles. The van der Waals surface area contributed by atoms with E-state index in [-0.39, 0.29) is 5.41 Å². The van der Waals surface area contributed by atoms with Crippen molar-refractivity contribution >= 4 is 27.3 Å². The lowest BCUT2D eigenvalue weighted by molar-refractivity contribution is 0.284. The molecule has 18 heavy (non-hydrogen) atoms. The molecule has 1 saturated carbocycles. The second-order valence-corrected chi connectivity index (χ2v) is 6.57. The minimum atomic E-state index is -0.0836. The highest BCUT2D eigenvalue weighted by molar-refractivity contribution is 9.10. The maximum atomic E-state index is 5.92. The van der Waals surface area contributed by atoms with E-state index in [1.54, 1.807) is 11.3 Å². The zero-order chi connectivity index (χ0) is 12.6. The standard InChI is InChI=1S/C12H14BrN3OS/c13-8-5-9(18-6-8)10-15-11(17-16-10)12(7-14)3-1-2-4-12/h5-6H,1-4,7,14H2. The Balaban J connectivity index is 1.93. The summed E-state index contributed by atoms with van der Waals surface area (Å²) in [6, 6.07) is 2.00. The fourth-order valence-electron chi connectivity index (χ4n) is 2.53. The Morgan fingerprint density at radius 2 is 2.22 bits per heavy atom. The first-order chi connectivity index (χ1) is 8.73. The van der Waals surface area contributed by atoms with Crippen molar-refractivity contribution in [2.45, 2.75) is 31.1 Å². The first kappa shape index (κ1) is 12.3. The van der Waals surface area contributed by atoms with E-state index in [1.807, 2.05) is 11.4 Å². The predicted octanol–water partition coefficient (Wildman–Crippen LogP) is 3.33. The lowest BCUT2D eigenvalue weighted by atomic mass is 9.86. The van der Waals surface area contributed by atoms with Gasteiger partial charge in [-0.1, -0.05) is 18.0 Å². The van der Waals surface area contributed by atoms with E-state index < -0.39 is 0 Å². The van der Waals surface area contributed by atoms with Gasteiger partial charge in [0.15, 0.2) is 0 Å². The van der Waals surface area contributed by atoms with E-state index in [9.17, 15) is 0 Å². The SMILES string of the molecule is NCC1(c2nc(-c3cc(Br)cs3)no2)CCCC1. The molecule has 0 aliphatic heterocycles. The van der Waals surface area contributed by atoms with Crippen molar-refractivity contribution in [2.24, 2.45) is 5.73 Å². The van der Waals surface area contributed by atoms with Crippen molar-refractivity contribution in [3.63, 3.8) is 0 Å². The van der Waals surface area contributed by atoms with Gasteiger partial charge in [-0.3, -0.25) is 0 Å². The molecule has 2 heterocycles. The maximum Gasteiger partial charge on any atom is 0.234 e. The molecule has 1 fully saturated rings. The molecule has 1 aliphatic rings. The molecule has 2 aromatic heterocycles. The quantitative estimate of drug-likeness (QED) is 0.938. The summed E-state index contributed by atoms with van der Waals surface area (Å²) in [5, 5.41) is 6.10. The van der Waals surface area contributed by atoms with Crippen molar-refractivity contribution in [2.75, 3.05) is 6.54 Å². The van der Waals surface area contributed by atoms with Crippen LogP contribution in [0.4, 0.5) is 0 Å². The Morgan fingerprint density at radius 1 is 1.44 bits per heavy atom. The maximum absolute atomic E-state index is 5.92. The highest BCUT2D eigenvalue weighted by Gasteiger charge is 2.39. The number of aromatic nitrogens is 2. The van der Waals surface area contributed by atoms with Crippen LogP contribution in [0.3, 0.4) is 0 Å². The Labute approximate surface area is 118 Å². The Hall–Kier alpha value is -0.720. The summed E-state index contributed by atoms with van der Waals surface area (Å²) in [7, 11) is 0. The van der Waals surface area contributed by atoms with Gasteiger partial charge >= 0.3 is 0 Å². The molecule has 0 aromatic carbocycles. The Bertz CT molecular complexity index is 545. The van der Waals surface area contributed by atoms with Gasteiger partial charge in [-0.05, 0) is 34.8 Å². The monoisotopic (exact) mass is 327 g/mol. The fourth-order valence-corrected chi connectivity index (χ4v) is 3.88. The summed E-state index contributed by atoms with van der Waals surface area (Å²) in [5.41, 5.74) is 5.84. The number of rotatable bonds is 3. The van der Waals surface area contributed by atoms with Gasteiger partial charge in [0.05, 0.1) is 10.3 Å². The van der Waals surface area contributed by atoms with Crippen molar-refractivity contribution in [3.05, 3.63) is 21.8 Å². The average molecular weight is 328 g/mol. The van der Waals surface area contributed by atoms with E-state index in [0.29, 0.717) is 18.3 Å². The molecule has 0 bridgehead atoms. The molecule has 4 nitrogen and oxygen atoms in total. The van der Waals surface area contributed by atoms with Crippen LogP contribution in [-0.4, -0.2) is 16.7 Å². The van der Waals surface area contributed by atoms with Crippen molar-refractivity contribution in [3.8, 4) is 10.7 Å². The van der Waals surface area contributed by atoms with E-state index in [0.717, 1.165) is 22.2 Å². The van der Waals surface area contributed by atoms with Gasteiger partial charge in [0.25, 0.3) is 0 Å². The summed E-state index contributed by atoms with van der Waals surface area (Å²) in [6.45, 7) is 0.586. The predicted molar refractivity (Wildman–Crippen MR) is 74.5 cm³/mol. The van der Waals surface area contributed by atoms with Gasteiger partial charge in [0, 0.05) is 16.4 Å². The molecule has 0 unspecified atom stereocenters. The van der Waals surface area contributed by atoms with Gasteiger partial charge < -0.3 is 10.3 Å². The highest BCUT2D eigenvalue weighted by atomic mass is 79.9. The molecule has 0 radical (unpaired) electrons. The zero-order valence-electron chi connectivity index (χ0n) is 9.86. The minimum absolute atomic E-state index is 0.0836. The minimum Gasteiger partial charge on any atom is -0.338 e. The summed E-state index contributed by atoms with van der Waals surface area (Å²) in [6.07, 6.45) is 4.50. The Morgan fingerprint density at radius 3 is 2.83 bits per heavy atom. The molecule has 6 heteroatoms. The van der Waals surface area contributed by atoms with Crippen LogP contribution in [0.25, 0.3) is 10.7 Å². The van der Waals surface area contributed by atoms with Gasteiger partial charge in [-0.2, -0.15) is 4.98 Å². The highest BCUT2D eigenvalue weighted by Crippen LogP contribution is 2.40. The van der Waals surface area contributed by atoms with Gasteiger partial charge in [0.1, 0.15) is 0 Å². The third kappa shape index (κ3) is 2.02. The third-order valence-corrected chi connectivity index (χ3v) is 5.31. The van der Waals surface area contributed by atoms with Gasteiger partial charge in [-0.25, -0.2) is 0 Å². The Kier molecular flexibility index (Phi) is 3.25. The lowest BCUT2D eigenvalue weighted by Crippen LogP contribution is -2.32. The number of hydrogen-bond donors (Lipinski definition) is 1. The van der Waals surface area contributed by atoms with Crippen LogP contribution in [0.1, 0.15) is 31.6 Å². The van der Waals surface area contributed by atoms with E-state index >= 15 is 0 Å². The fraction of sp³-hybridized carbons (Fsp3) is 0.500. The zero-order valence-corrected chi connectivity index (χ0v) is 12.3. The largest absolute Gasteiger partial charge is 0.338 e. The molecule has 3 rings (SSSR count). The van der Waals surface area contributed by atoms with Crippen LogP contribution in [0.15, 0.2) is 20.4 Å². The number of hydrogen-bond acceptors (Lipinski definition) is 5. The summed E-state index contributed by atoms with van der Waals surface area (Å²) in [4.78, 5) is 5.57. The first-order valence-electron chi connectivity index (χ1n) is 6.02. The van der Waals surface area contributed by atoms with Crippen LogP contribution in [0.5, 0.6) is 0 Å². The molecular weight excluding hydrogens is 314 g/mol. The number of halogens is 1. The molecule has 2 aromatic rings. The third-order valence-electron chi connectivity index (χ3n) is 3.62. The smallest absolute Gasteiger partial charge is 0.234 e. The van der Waals surface area contributed by atoms with Gasteiger partial charge in [0.2, 0.25) is 11.7 Å². The van der Waals surface area contributed by atoms with E-state index in [2.05, 4.69) is 26.1 Å². The van der Waals surface area contributed by atoms with Crippen LogP contribution in [-0.2, 0) is 5.41 Å². The molecule has 0 atom stereocenters. The second kappa shape index (κ2) is 4.75. The summed E-state index contributed by atoms with van der Waals surface area (Å²) in [5.74, 6) is 1.38. The lowest BCUT2D eigenvalue weighted by Gasteiger charge is -2.21. The molecule has 0 spiro atoms. The molecular formula is C12H14BrN3OS. The topological polar surface area (TPSA) is 64.9 Å². The average Bonchev–Trinajstić information content (AvgIpc) is 3.08. The van der Waals surface area contributed by atoms with E-state index in [1.165, 1.54) is 12.8 Å². The van der Waals surface area contributed by atoms with Crippen LogP contribution < -0.4 is 5.73 Å². The van der Waals surface area contributed by atoms with E-state index in [4.69, 9.17) is 10.3 Å². The number of thiophene rings is 1. The summed E-state index contributed by atoms with van der Waals surface area (Å²) >= 11 is 5.03. The first-order valence-corrected chi connectivity index (χ1v) is 7.69. The normalized spacial score (nSPS) is 18.3. The van der Waals surface area contributed by atoms with Crippen LogP contribution in [0, 0.1) is 0 Å². The van der Waals surface area contributed by atoms with Crippen molar-refractivity contribution in [1.82, 2.24) is 10.1 Å². The molecule has 96 valence electrons. The second-order valence-electron chi connectivity index (χ2n) is 4.74. The molecule has 0 amide bonds. The van der Waals surface area contributed by atoms with Crippen molar-refractivity contribution in [1.29, 1.82) is 0 Å². The molecule has 0 saturated heterocycles. The van der Waals surface area contributed by atoms with Crippen LogP contribution in [0.2, 0.25) is 0 Å². The summed E-state index contributed by atoms with van der Waals surface area (Å²) < 4.78 is 6.50. The molecule has 2 N–H and O–H groups in total. The number of nitrogens with two attached hydrogens (primary N) is 1.